The fourth-order valence-electron chi connectivity index (χ4n) is 5.93. The summed E-state index contributed by atoms with van der Waals surface area (Å²) in [5, 5.41) is 4.68. The number of ketones is 1. The minimum atomic E-state index is 0.445. The van der Waals surface area contributed by atoms with E-state index in [0.717, 1.165) is 78.7 Å². The quantitative estimate of drug-likeness (QED) is 0.233. The molecule has 1 fully saturated rings. The van der Waals surface area contributed by atoms with Gasteiger partial charge in [0.25, 0.3) is 0 Å². The third-order valence-corrected chi connectivity index (χ3v) is 9.04. The Kier molecular flexibility index (Phi) is 7.84. The highest BCUT2D eigenvalue weighted by atomic mass is 32.1. The predicted octanol–water partition coefficient (Wildman–Crippen LogP) is 7.72. The van der Waals surface area contributed by atoms with Gasteiger partial charge < -0.3 is 15.2 Å². The Morgan fingerprint density at radius 2 is 1.97 bits per heavy atom. The molecule has 38 heavy (non-hydrogen) atoms. The first-order valence-electron chi connectivity index (χ1n) is 14.2. The van der Waals surface area contributed by atoms with Gasteiger partial charge in [-0.3, -0.25) is 4.79 Å². The number of benzene rings is 1. The molecule has 6 nitrogen and oxygen atoms in total. The molecule has 7 heteroatoms. The summed E-state index contributed by atoms with van der Waals surface area (Å²) in [6.45, 7) is 3.30. The molecule has 4 heterocycles. The third-order valence-electron chi connectivity index (χ3n) is 8.24. The van der Waals surface area contributed by atoms with E-state index < -0.39 is 0 Å². The fraction of sp³-hybridized carbons (Fsp3) is 0.452. The number of allylic oxidation sites excluding steroid dienone is 2. The molecule has 1 unspecified atom stereocenters. The molecule has 6 rings (SSSR count). The fourth-order valence-corrected chi connectivity index (χ4v) is 6.64. The number of aromatic nitrogens is 3. The zero-order valence-corrected chi connectivity index (χ0v) is 22.9. The normalized spacial score (nSPS) is 18.9. The van der Waals surface area contributed by atoms with Gasteiger partial charge in [-0.05, 0) is 93.4 Å². The minimum Gasteiger partial charge on any atom is -0.355 e. The Morgan fingerprint density at radius 3 is 2.82 bits per heavy atom. The molecule has 198 valence electrons. The second-order valence-electron chi connectivity index (χ2n) is 10.9. The van der Waals surface area contributed by atoms with Crippen LogP contribution in [0.15, 0.2) is 48.1 Å². The average Bonchev–Trinajstić information content (AvgIpc) is 3.51. The van der Waals surface area contributed by atoms with Crippen LogP contribution in [0.5, 0.6) is 0 Å². The molecular formula is C31H37N5OS. The summed E-state index contributed by atoms with van der Waals surface area (Å²) in [5.74, 6) is 1.06. The largest absolute Gasteiger partial charge is 0.355 e. The van der Waals surface area contributed by atoms with Gasteiger partial charge in [0.1, 0.15) is 11.4 Å². The zero-order chi connectivity index (χ0) is 25.7. The molecule has 1 aromatic carbocycles. The number of Topliss-reactive ketones (excluding diaryl/α,β-unsaturated/α-hetero) is 1. The smallest absolute Gasteiger partial charge is 0.139 e. The lowest BCUT2D eigenvalue weighted by atomic mass is 9.85. The highest BCUT2D eigenvalue weighted by Gasteiger charge is 2.19. The van der Waals surface area contributed by atoms with Crippen LogP contribution in [0.4, 0.5) is 11.4 Å². The van der Waals surface area contributed by atoms with Crippen LogP contribution in [0.2, 0.25) is 0 Å². The highest BCUT2D eigenvalue weighted by Crippen LogP contribution is 2.35. The number of H-pyrrole nitrogens is 1. The van der Waals surface area contributed by atoms with Crippen LogP contribution in [0.1, 0.15) is 69.9 Å². The van der Waals surface area contributed by atoms with E-state index in [9.17, 15) is 4.79 Å². The molecule has 0 amide bonds. The minimum absolute atomic E-state index is 0.445. The maximum Gasteiger partial charge on any atom is 0.139 e. The van der Waals surface area contributed by atoms with Gasteiger partial charge in [-0.15, -0.1) is 11.3 Å². The van der Waals surface area contributed by atoms with Crippen molar-refractivity contribution in [1.82, 2.24) is 19.9 Å². The van der Waals surface area contributed by atoms with Gasteiger partial charge in [0.15, 0.2) is 0 Å². The number of pyridine rings is 1. The Hall–Kier alpha value is -3.03. The molecular weight excluding hydrogens is 490 g/mol. The molecule has 1 aliphatic carbocycles. The first-order valence-corrected chi connectivity index (χ1v) is 15.1. The van der Waals surface area contributed by atoms with E-state index in [2.05, 4.69) is 55.5 Å². The number of rotatable bonds is 9. The zero-order valence-electron chi connectivity index (χ0n) is 22.0. The SMILES string of the molecule is O=C(CCC1CC=C(c2cc3c(Nc4ccc5ncsc5c4)ccnc3[nH]2)CC1)CCN1CCCCCC1. The van der Waals surface area contributed by atoms with Crippen molar-refractivity contribution in [3.8, 4) is 0 Å². The maximum absolute atomic E-state index is 12.6. The van der Waals surface area contributed by atoms with Crippen molar-refractivity contribution in [3.05, 3.63) is 53.8 Å². The third kappa shape index (κ3) is 6.00. The van der Waals surface area contributed by atoms with E-state index in [0.29, 0.717) is 11.7 Å². The average molecular weight is 528 g/mol. The first kappa shape index (κ1) is 25.3. The molecule has 0 saturated carbocycles. The summed E-state index contributed by atoms with van der Waals surface area (Å²) in [5.41, 5.74) is 8.45. The molecule has 1 atom stereocenters. The van der Waals surface area contributed by atoms with E-state index >= 15 is 0 Å². The van der Waals surface area contributed by atoms with Crippen LogP contribution in [-0.4, -0.2) is 45.3 Å². The summed E-state index contributed by atoms with van der Waals surface area (Å²) in [6, 6.07) is 10.5. The van der Waals surface area contributed by atoms with Crippen LogP contribution in [0.3, 0.4) is 0 Å². The highest BCUT2D eigenvalue weighted by molar-refractivity contribution is 7.16. The van der Waals surface area contributed by atoms with Crippen LogP contribution in [0.25, 0.3) is 26.8 Å². The van der Waals surface area contributed by atoms with Crippen LogP contribution < -0.4 is 5.32 Å². The number of likely N-dealkylation sites (tertiary alicyclic amines) is 1. The van der Waals surface area contributed by atoms with Crippen molar-refractivity contribution in [1.29, 1.82) is 0 Å². The maximum atomic E-state index is 12.6. The lowest BCUT2D eigenvalue weighted by molar-refractivity contribution is -0.119. The van der Waals surface area contributed by atoms with E-state index in [4.69, 9.17) is 0 Å². The van der Waals surface area contributed by atoms with E-state index in [1.165, 1.54) is 49.0 Å². The number of nitrogens with zero attached hydrogens (tertiary/aromatic N) is 3. The second kappa shape index (κ2) is 11.8. The van der Waals surface area contributed by atoms with Crippen molar-refractivity contribution in [2.75, 3.05) is 25.0 Å². The van der Waals surface area contributed by atoms with Crippen molar-refractivity contribution in [2.24, 2.45) is 5.92 Å². The molecule has 2 aliphatic rings. The standard InChI is InChI=1S/C31H37N5OS/c37-25(14-18-36-16-3-1-2-4-17-36)11-7-22-5-8-23(9-6-22)29-20-26-27(13-15-32-31(26)35-29)34-24-10-12-28-30(19-24)38-21-33-28/h8,10,12-13,15,19-22H,1-7,9,11,14,16-18H2,(H2,32,34,35). The lowest BCUT2D eigenvalue weighted by Gasteiger charge is -2.22. The molecule has 0 radical (unpaired) electrons. The lowest BCUT2D eigenvalue weighted by Crippen LogP contribution is -2.27. The van der Waals surface area contributed by atoms with Gasteiger partial charge in [-0.1, -0.05) is 18.9 Å². The molecule has 0 bridgehead atoms. The Balaban J connectivity index is 1.04. The van der Waals surface area contributed by atoms with Gasteiger partial charge in [0.05, 0.1) is 21.4 Å². The van der Waals surface area contributed by atoms with Gasteiger partial charge in [-0.25, -0.2) is 9.97 Å². The predicted molar refractivity (Wildman–Crippen MR) is 158 cm³/mol. The van der Waals surface area contributed by atoms with Crippen molar-refractivity contribution >= 4 is 55.3 Å². The number of hydrogen-bond acceptors (Lipinski definition) is 6. The number of anilines is 2. The summed E-state index contributed by atoms with van der Waals surface area (Å²) < 4.78 is 1.18. The number of aromatic amines is 1. The Bertz CT molecular complexity index is 1430. The van der Waals surface area contributed by atoms with Gasteiger partial charge in [0.2, 0.25) is 0 Å². The molecule has 1 saturated heterocycles. The monoisotopic (exact) mass is 527 g/mol. The summed E-state index contributed by atoms with van der Waals surface area (Å²) >= 11 is 1.65. The van der Waals surface area contributed by atoms with Gasteiger partial charge >= 0.3 is 0 Å². The van der Waals surface area contributed by atoms with E-state index in [1.807, 2.05) is 17.8 Å². The summed E-state index contributed by atoms with van der Waals surface area (Å²) in [4.78, 5) is 27.6. The summed E-state index contributed by atoms with van der Waals surface area (Å²) in [6.07, 6.45) is 15.2. The molecule has 0 spiro atoms. The van der Waals surface area contributed by atoms with E-state index in [1.54, 1.807) is 11.3 Å². The first-order chi connectivity index (χ1) is 18.7. The second-order valence-corrected chi connectivity index (χ2v) is 11.8. The van der Waals surface area contributed by atoms with Crippen LogP contribution in [-0.2, 0) is 4.79 Å². The molecule has 1 aliphatic heterocycles. The number of hydrogen-bond donors (Lipinski definition) is 2. The Labute approximate surface area is 228 Å². The number of fused-ring (bicyclic) bond motifs is 2. The molecule has 4 aromatic rings. The number of thiazole rings is 1. The van der Waals surface area contributed by atoms with Crippen molar-refractivity contribution < 1.29 is 4.79 Å². The van der Waals surface area contributed by atoms with Crippen molar-refractivity contribution in [3.63, 3.8) is 0 Å². The van der Waals surface area contributed by atoms with Crippen LogP contribution in [0, 0.1) is 5.92 Å². The molecule has 2 N–H and O–H groups in total. The van der Waals surface area contributed by atoms with Crippen LogP contribution >= 0.6 is 11.3 Å². The van der Waals surface area contributed by atoms with Crippen molar-refractivity contribution in [2.45, 2.75) is 64.2 Å². The number of carbonyl (C=O) groups is 1. The van der Waals surface area contributed by atoms with Gasteiger partial charge in [0, 0.05) is 42.4 Å². The number of nitrogens with one attached hydrogen (secondary N) is 2. The summed E-state index contributed by atoms with van der Waals surface area (Å²) in [7, 11) is 0. The Morgan fingerprint density at radius 1 is 1.08 bits per heavy atom. The topological polar surface area (TPSA) is 73.9 Å². The molecule has 3 aromatic heterocycles. The van der Waals surface area contributed by atoms with E-state index in [-0.39, 0.29) is 0 Å². The number of carbonyl (C=O) groups excluding carboxylic acids is 1. The van der Waals surface area contributed by atoms with Gasteiger partial charge in [-0.2, -0.15) is 0 Å².